The number of carbonyl (C=O) groups is 1. The molecule has 0 aliphatic heterocycles. The summed E-state index contributed by atoms with van der Waals surface area (Å²) in [7, 11) is 0. The number of nitro groups is 1. The molecule has 2 amide bonds. The highest BCUT2D eigenvalue weighted by molar-refractivity contribution is 5.99. The second-order valence-corrected chi connectivity index (χ2v) is 8.27. The van der Waals surface area contributed by atoms with Gasteiger partial charge in [0.2, 0.25) is 0 Å². The van der Waals surface area contributed by atoms with Crippen LogP contribution in [0.15, 0.2) is 29.4 Å². The van der Waals surface area contributed by atoms with Gasteiger partial charge in [-0.25, -0.2) is 10.2 Å². The Balaban J connectivity index is 1.37. The minimum absolute atomic E-state index is 0.0362. The van der Waals surface area contributed by atoms with Crippen molar-refractivity contribution in [3.8, 4) is 0 Å². The molecule has 4 aliphatic carbocycles. The number of hydrogen-bond acceptors (Lipinski definition) is 4. The maximum Gasteiger partial charge on any atom is 0.335 e. The Morgan fingerprint density at radius 3 is 2.15 bits per heavy atom. The van der Waals surface area contributed by atoms with Gasteiger partial charge >= 0.3 is 6.03 Å². The van der Waals surface area contributed by atoms with E-state index in [4.69, 9.17) is 0 Å². The predicted molar refractivity (Wildman–Crippen MR) is 97.9 cm³/mol. The van der Waals surface area contributed by atoms with E-state index in [9.17, 15) is 14.9 Å². The molecular weight excluding hydrogens is 332 g/mol. The van der Waals surface area contributed by atoms with Crippen LogP contribution in [0.5, 0.6) is 0 Å². The van der Waals surface area contributed by atoms with Crippen molar-refractivity contribution in [1.29, 1.82) is 0 Å². The van der Waals surface area contributed by atoms with Gasteiger partial charge in [0.25, 0.3) is 5.69 Å². The molecule has 138 valence electrons. The SMILES string of the molecule is C/C(=N/NC(=O)NC12CC3CC(CC(C3)C1)C2)c1ccc([N+](=O)[O-])cc1. The van der Waals surface area contributed by atoms with Gasteiger partial charge in [-0.2, -0.15) is 5.10 Å². The highest BCUT2D eigenvalue weighted by atomic mass is 16.6. The molecule has 5 rings (SSSR count). The first kappa shape index (κ1) is 17.0. The zero-order valence-corrected chi connectivity index (χ0v) is 14.9. The predicted octanol–water partition coefficient (Wildman–Crippen LogP) is 3.59. The van der Waals surface area contributed by atoms with Gasteiger partial charge in [-0.1, -0.05) is 0 Å². The van der Waals surface area contributed by atoms with E-state index >= 15 is 0 Å². The molecule has 0 radical (unpaired) electrons. The van der Waals surface area contributed by atoms with Crippen molar-refractivity contribution in [3.05, 3.63) is 39.9 Å². The fourth-order valence-corrected chi connectivity index (χ4v) is 5.56. The van der Waals surface area contributed by atoms with Crippen LogP contribution in [0.25, 0.3) is 0 Å². The number of urea groups is 1. The van der Waals surface area contributed by atoms with E-state index in [0.717, 1.165) is 42.6 Å². The molecule has 0 atom stereocenters. The van der Waals surface area contributed by atoms with Crippen molar-refractivity contribution < 1.29 is 9.72 Å². The minimum Gasteiger partial charge on any atom is -0.331 e. The van der Waals surface area contributed by atoms with Crippen LogP contribution in [0.2, 0.25) is 0 Å². The smallest absolute Gasteiger partial charge is 0.331 e. The van der Waals surface area contributed by atoms with E-state index in [0.29, 0.717) is 5.71 Å². The second kappa shape index (κ2) is 6.37. The lowest BCUT2D eigenvalue weighted by Gasteiger charge is -2.56. The molecule has 2 N–H and O–H groups in total. The molecule has 4 bridgehead atoms. The Labute approximate surface area is 152 Å². The monoisotopic (exact) mass is 356 g/mol. The van der Waals surface area contributed by atoms with Gasteiger partial charge in [0.1, 0.15) is 0 Å². The first-order valence-electron chi connectivity index (χ1n) is 9.30. The van der Waals surface area contributed by atoms with Gasteiger partial charge in [0, 0.05) is 17.7 Å². The number of non-ortho nitro benzene ring substituents is 1. The number of carbonyl (C=O) groups excluding carboxylic acids is 1. The number of nitrogens with zero attached hydrogens (tertiary/aromatic N) is 2. The molecular formula is C19H24N4O3. The molecule has 0 saturated heterocycles. The number of benzene rings is 1. The van der Waals surface area contributed by atoms with Crippen molar-refractivity contribution in [2.75, 3.05) is 0 Å². The number of nitrogens with one attached hydrogen (secondary N) is 2. The maximum absolute atomic E-state index is 12.4. The van der Waals surface area contributed by atoms with E-state index in [2.05, 4.69) is 15.8 Å². The van der Waals surface area contributed by atoms with E-state index in [1.807, 2.05) is 0 Å². The standard InChI is InChI=1S/C19H24N4O3/c1-12(16-2-4-17(5-3-16)23(25)26)21-22-18(24)20-19-9-13-6-14(10-19)8-15(7-13)11-19/h2-5,13-15H,6-11H2,1H3,(H2,20,22,24)/b21-12-. The number of hydrazone groups is 1. The zero-order valence-electron chi connectivity index (χ0n) is 14.9. The summed E-state index contributed by atoms with van der Waals surface area (Å²) in [4.78, 5) is 22.7. The third-order valence-corrected chi connectivity index (χ3v) is 6.24. The van der Waals surface area contributed by atoms with Crippen molar-refractivity contribution >= 4 is 17.4 Å². The van der Waals surface area contributed by atoms with E-state index < -0.39 is 4.92 Å². The second-order valence-electron chi connectivity index (χ2n) is 8.27. The molecule has 4 aliphatic rings. The molecule has 0 unspecified atom stereocenters. The van der Waals surface area contributed by atoms with Crippen LogP contribution in [0.3, 0.4) is 0 Å². The van der Waals surface area contributed by atoms with Gasteiger partial charge in [0.15, 0.2) is 0 Å². The van der Waals surface area contributed by atoms with E-state index in [1.54, 1.807) is 19.1 Å². The Hall–Kier alpha value is -2.44. The average Bonchev–Trinajstić information content (AvgIpc) is 2.58. The molecule has 26 heavy (non-hydrogen) atoms. The number of rotatable bonds is 4. The third-order valence-electron chi connectivity index (χ3n) is 6.24. The molecule has 1 aromatic rings. The summed E-state index contributed by atoms with van der Waals surface area (Å²) < 4.78 is 0. The lowest BCUT2D eigenvalue weighted by atomic mass is 9.53. The van der Waals surface area contributed by atoms with Crippen LogP contribution >= 0.6 is 0 Å². The number of nitro benzene ring substituents is 1. The van der Waals surface area contributed by atoms with E-state index in [-0.39, 0.29) is 17.3 Å². The summed E-state index contributed by atoms with van der Waals surface area (Å²) in [6, 6.07) is 5.88. The highest BCUT2D eigenvalue weighted by Gasteiger charge is 2.51. The minimum atomic E-state index is -0.437. The van der Waals surface area contributed by atoms with Crippen molar-refractivity contribution in [3.63, 3.8) is 0 Å². The van der Waals surface area contributed by atoms with Crippen LogP contribution in [0, 0.1) is 27.9 Å². The molecule has 0 aromatic heterocycles. The molecule has 4 saturated carbocycles. The summed E-state index contributed by atoms with van der Waals surface area (Å²) in [6.07, 6.45) is 7.28. The van der Waals surface area contributed by atoms with Crippen LogP contribution in [-0.4, -0.2) is 22.2 Å². The van der Waals surface area contributed by atoms with Gasteiger partial charge < -0.3 is 5.32 Å². The van der Waals surface area contributed by atoms with Crippen LogP contribution in [0.1, 0.15) is 51.0 Å². The molecule has 4 fully saturated rings. The first-order chi connectivity index (χ1) is 12.4. The highest BCUT2D eigenvalue weighted by Crippen LogP contribution is 2.55. The summed E-state index contributed by atoms with van der Waals surface area (Å²) in [5.74, 6) is 2.31. The first-order valence-corrected chi connectivity index (χ1v) is 9.30. The van der Waals surface area contributed by atoms with Gasteiger partial charge in [0.05, 0.1) is 10.6 Å². The third kappa shape index (κ3) is 3.30. The van der Waals surface area contributed by atoms with Crippen molar-refractivity contribution in [1.82, 2.24) is 10.7 Å². The van der Waals surface area contributed by atoms with E-state index in [1.165, 1.54) is 31.4 Å². The fraction of sp³-hybridized carbons (Fsp3) is 0.579. The molecule has 0 heterocycles. The fourth-order valence-electron chi connectivity index (χ4n) is 5.56. The van der Waals surface area contributed by atoms with Crippen LogP contribution in [-0.2, 0) is 0 Å². The largest absolute Gasteiger partial charge is 0.335 e. The van der Waals surface area contributed by atoms with Crippen LogP contribution < -0.4 is 10.7 Å². The average molecular weight is 356 g/mol. The number of amides is 2. The summed E-state index contributed by atoms with van der Waals surface area (Å²) in [5.41, 5.74) is 3.94. The van der Waals surface area contributed by atoms with Gasteiger partial charge in [-0.3, -0.25) is 10.1 Å². The molecule has 7 heteroatoms. The molecule has 7 nitrogen and oxygen atoms in total. The quantitative estimate of drug-likeness (QED) is 0.490. The van der Waals surface area contributed by atoms with Crippen molar-refractivity contribution in [2.24, 2.45) is 22.9 Å². The lowest BCUT2D eigenvalue weighted by molar-refractivity contribution is -0.384. The molecule has 0 spiro atoms. The number of hydrogen-bond donors (Lipinski definition) is 2. The zero-order chi connectivity index (χ0) is 18.3. The Kier molecular flexibility index (Phi) is 4.17. The maximum atomic E-state index is 12.4. The summed E-state index contributed by atoms with van der Waals surface area (Å²) in [6.45, 7) is 1.77. The van der Waals surface area contributed by atoms with Gasteiger partial charge in [-0.15, -0.1) is 0 Å². The van der Waals surface area contributed by atoms with Crippen molar-refractivity contribution in [2.45, 2.75) is 51.0 Å². The summed E-state index contributed by atoms with van der Waals surface area (Å²) in [5, 5.41) is 18.1. The Morgan fingerprint density at radius 1 is 1.12 bits per heavy atom. The lowest BCUT2D eigenvalue weighted by Crippen LogP contribution is -2.61. The Morgan fingerprint density at radius 2 is 1.65 bits per heavy atom. The normalized spacial score (nSPS) is 32.3. The topological polar surface area (TPSA) is 96.6 Å². The van der Waals surface area contributed by atoms with Gasteiger partial charge in [-0.05, 0) is 80.9 Å². The summed E-state index contributed by atoms with van der Waals surface area (Å²) >= 11 is 0. The Bertz CT molecular complexity index is 721. The van der Waals surface area contributed by atoms with Crippen LogP contribution in [0.4, 0.5) is 10.5 Å². The molecule has 1 aromatic carbocycles.